The van der Waals surface area contributed by atoms with Crippen LogP contribution in [0.4, 0.5) is 0 Å². The molecule has 0 aliphatic rings. The zero-order valence-electron chi connectivity index (χ0n) is 12.3. The zero-order chi connectivity index (χ0) is 14.5. The van der Waals surface area contributed by atoms with E-state index in [-0.39, 0.29) is 0 Å². The lowest BCUT2D eigenvalue weighted by molar-refractivity contribution is 0.173. The molecular formula is C16H22N2O2. The SMILES string of the molecule is CCC(O)c1ccc(OCc2cncn2C(C)C)cc1. The van der Waals surface area contributed by atoms with Gasteiger partial charge < -0.3 is 14.4 Å². The van der Waals surface area contributed by atoms with Crippen LogP contribution < -0.4 is 4.74 Å². The van der Waals surface area contributed by atoms with Crippen LogP contribution in [0, 0.1) is 0 Å². The topological polar surface area (TPSA) is 47.3 Å². The lowest BCUT2D eigenvalue weighted by Gasteiger charge is -2.13. The lowest BCUT2D eigenvalue weighted by Crippen LogP contribution is -2.07. The summed E-state index contributed by atoms with van der Waals surface area (Å²) in [5.74, 6) is 0.800. The fraction of sp³-hybridized carbons (Fsp3) is 0.438. The number of hydrogen-bond acceptors (Lipinski definition) is 3. The van der Waals surface area contributed by atoms with Crippen molar-refractivity contribution in [3.05, 3.63) is 48.0 Å². The van der Waals surface area contributed by atoms with E-state index in [1.807, 2.05) is 43.7 Å². The highest BCUT2D eigenvalue weighted by Crippen LogP contribution is 2.20. The Bertz CT molecular complexity index is 532. The fourth-order valence-electron chi connectivity index (χ4n) is 2.09. The molecule has 0 radical (unpaired) electrons. The Balaban J connectivity index is 1.99. The quantitative estimate of drug-likeness (QED) is 0.877. The van der Waals surface area contributed by atoms with E-state index < -0.39 is 6.10 Å². The van der Waals surface area contributed by atoms with Gasteiger partial charge in [0.1, 0.15) is 12.4 Å². The average molecular weight is 274 g/mol. The maximum absolute atomic E-state index is 9.75. The third kappa shape index (κ3) is 3.39. The second-order valence-corrected chi connectivity index (χ2v) is 5.17. The lowest BCUT2D eigenvalue weighted by atomic mass is 10.1. The van der Waals surface area contributed by atoms with Crippen LogP contribution in [0.5, 0.6) is 5.75 Å². The molecule has 0 saturated heterocycles. The molecule has 2 aromatic rings. The maximum atomic E-state index is 9.75. The van der Waals surface area contributed by atoms with E-state index in [4.69, 9.17) is 4.74 Å². The molecule has 0 amide bonds. The van der Waals surface area contributed by atoms with Crippen molar-refractivity contribution < 1.29 is 9.84 Å². The van der Waals surface area contributed by atoms with Gasteiger partial charge in [-0.2, -0.15) is 0 Å². The number of benzene rings is 1. The monoisotopic (exact) mass is 274 g/mol. The van der Waals surface area contributed by atoms with E-state index in [2.05, 4.69) is 23.4 Å². The number of rotatable bonds is 6. The predicted molar refractivity (Wildman–Crippen MR) is 78.6 cm³/mol. The Labute approximate surface area is 120 Å². The normalized spacial score (nSPS) is 12.7. The maximum Gasteiger partial charge on any atom is 0.130 e. The zero-order valence-corrected chi connectivity index (χ0v) is 12.3. The number of imidazole rings is 1. The van der Waals surface area contributed by atoms with Crippen LogP contribution in [0.3, 0.4) is 0 Å². The van der Waals surface area contributed by atoms with Gasteiger partial charge in [0.25, 0.3) is 0 Å². The van der Waals surface area contributed by atoms with E-state index in [0.717, 1.165) is 17.0 Å². The van der Waals surface area contributed by atoms with Gasteiger partial charge in [-0.15, -0.1) is 0 Å². The molecule has 1 aromatic carbocycles. The van der Waals surface area contributed by atoms with Crippen LogP contribution in [-0.2, 0) is 6.61 Å². The third-order valence-electron chi connectivity index (χ3n) is 3.34. The van der Waals surface area contributed by atoms with Crippen molar-refractivity contribution in [2.75, 3.05) is 0 Å². The fourth-order valence-corrected chi connectivity index (χ4v) is 2.09. The van der Waals surface area contributed by atoms with Crippen molar-refractivity contribution in [2.24, 2.45) is 0 Å². The van der Waals surface area contributed by atoms with Crippen molar-refractivity contribution in [2.45, 2.75) is 45.9 Å². The van der Waals surface area contributed by atoms with Crippen LogP contribution in [0.2, 0.25) is 0 Å². The average Bonchev–Trinajstić information content (AvgIpc) is 2.93. The minimum absolute atomic E-state index is 0.373. The molecule has 0 bridgehead atoms. The van der Waals surface area contributed by atoms with Gasteiger partial charge in [-0.3, -0.25) is 0 Å². The minimum Gasteiger partial charge on any atom is -0.487 e. The van der Waals surface area contributed by atoms with E-state index in [1.54, 1.807) is 0 Å². The summed E-state index contributed by atoms with van der Waals surface area (Å²) in [4.78, 5) is 4.15. The summed E-state index contributed by atoms with van der Waals surface area (Å²) in [6.07, 6.45) is 3.97. The first kappa shape index (κ1) is 14.6. The second-order valence-electron chi connectivity index (χ2n) is 5.17. The Hall–Kier alpha value is -1.81. The van der Waals surface area contributed by atoms with Gasteiger partial charge in [0.15, 0.2) is 0 Å². The number of nitrogens with zero attached hydrogens (tertiary/aromatic N) is 2. The van der Waals surface area contributed by atoms with E-state index in [0.29, 0.717) is 19.1 Å². The summed E-state index contributed by atoms with van der Waals surface area (Å²) in [5, 5.41) is 9.75. The molecule has 2 rings (SSSR count). The highest BCUT2D eigenvalue weighted by atomic mass is 16.5. The van der Waals surface area contributed by atoms with Gasteiger partial charge in [0.05, 0.1) is 24.3 Å². The molecule has 4 heteroatoms. The highest BCUT2D eigenvalue weighted by Gasteiger charge is 2.07. The molecule has 0 saturated carbocycles. The summed E-state index contributed by atoms with van der Waals surface area (Å²) in [5.41, 5.74) is 1.98. The number of ether oxygens (including phenoxy) is 1. The smallest absolute Gasteiger partial charge is 0.130 e. The Morgan fingerprint density at radius 3 is 2.55 bits per heavy atom. The molecule has 0 spiro atoms. The molecule has 0 aliphatic carbocycles. The number of hydrogen-bond donors (Lipinski definition) is 1. The minimum atomic E-state index is -0.397. The first-order valence-electron chi connectivity index (χ1n) is 7.03. The van der Waals surface area contributed by atoms with Crippen LogP contribution in [-0.4, -0.2) is 14.7 Å². The van der Waals surface area contributed by atoms with Gasteiger partial charge in [-0.05, 0) is 38.0 Å². The van der Waals surface area contributed by atoms with Crippen molar-refractivity contribution in [1.82, 2.24) is 9.55 Å². The van der Waals surface area contributed by atoms with Crippen LogP contribution >= 0.6 is 0 Å². The van der Waals surface area contributed by atoms with Gasteiger partial charge in [0.2, 0.25) is 0 Å². The predicted octanol–water partition coefficient (Wildman–Crippen LogP) is 3.49. The molecule has 1 aromatic heterocycles. The number of aromatic nitrogens is 2. The summed E-state index contributed by atoms with van der Waals surface area (Å²) in [6.45, 7) is 6.69. The van der Waals surface area contributed by atoms with E-state index >= 15 is 0 Å². The van der Waals surface area contributed by atoms with Crippen molar-refractivity contribution >= 4 is 0 Å². The van der Waals surface area contributed by atoms with Gasteiger partial charge in [-0.1, -0.05) is 19.1 Å². The summed E-state index contributed by atoms with van der Waals surface area (Å²) in [6, 6.07) is 7.97. The van der Waals surface area contributed by atoms with Gasteiger partial charge in [0, 0.05) is 6.04 Å². The van der Waals surface area contributed by atoms with Crippen molar-refractivity contribution in [3.63, 3.8) is 0 Å². The summed E-state index contributed by atoms with van der Waals surface area (Å²) < 4.78 is 7.86. The molecule has 4 nitrogen and oxygen atoms in total. The Morgan fingerprint density at radius 2 is 1.95 bits per heavy atom. The van der Waals surface area contributed by atoms with Crippen LogP contribution in [0.25, 0.3) is 0 Å². The molecule has 1 unspecified atom stereocenters. The largest absolute Gasteiger partial charge is 0.487 e. The molecule has 0 fully saturated rings. The molecular weight excluding hydrogens is 252 g/mol. The van der Waals surface area contributed by atoms with Crippen molar-refractivity contribution in [1.29, 1.82) is 0 Å². The van der Waals surface area contributed by atoms with Gasteiger partial charge in [-0.25, -0.2) is 4.98 Å². The van der Waals surface area contributed by atoms with Crippen LogP contribution in [0.15, 0.2) is 36.8 Å². The molecule has 20 heavy (non-hydrogen) atoms. The molecule has 1 atom stereocenters. The first-order chi connectivity index (χ1) is 9.61. The number of aliphatic hydroxyl groups excluding tert-OH is 1. The van der Waals surface area contributed by atoms with Crippen LogP contribution in [0.1, 0.15) is 50.6 Å². The van der Waals surface area contributed by atoms with Gasteiger partial charge >= 0.3 is 0 Å². The van der Waals surface area contributed by atoms with E-state index in [9.17, 15) is 5.11 Å². The third-order valence-corrected chi connectivity index (χ3v) is 3.34. The molecule has 0 aliphatic heterocycles. The van der Waals surface area contributed by atoms with E-state index in [1.165, 1.54) is 0 Å². The Kier molecular flexibility index (Phi) is 4.79. The Morgan fingerprint density at radius 1 is 1.25 bits per heavy atom. The number of aliphatic hydroxyl groups is 1. The molecule has 108 valence electrons. The molecule has 1 heterocycles. The standard InChI is InChI=1S/C16H22N2O2/c1-4-16(19)13-5-7-15(8-6-13)20-10-14-9-17-11-18(14)12(2)3/h5-9,11-12,16,19H,4,10H2,1-3H3. The first-order valence-corrected chi connectivity index (χ1v) is 7.03. The highest BCUT2D eigenvalue weighted by molar-refractivity contribution is 5.28. The van der Waals surface area contributed by atoms with Crippen molar-refractivity contribution in [3.8, 4) is 5.75 Å². The molecule has 1 N–H and O–H groups in total. The second kappa shape index (κ2) is 6.57. The summed E-state index contributed by atoms with van der Waals surface area (Å²) in [7, 11) is 0. The summed E-state index contributed by atoms with van der Waals surface area (Å²) >= 11 is 0.